The van der Waals surface area contributed by atoms with Gasteiger partial charge >= 0.3 is 12.0 Å². The Balaban J connectivity index is 1.59. The van der Waals surface area contributed by atoms with Gasteiger partial charge in [-0.15, -0.1) is 0 Å². The normalized spacial score (nSPS) is 22.3. The Morgan fingerprint density at radius 2 is 1.75 bits per heavy atom. The average molecular weight is 388 g/mol. The summed E-state index contributed by atoms with van der Waals surface area (Å²) in [6, 6.07) is 7.69. The number of para-hydroxylation sites is 1. The van der Waals surface area contributed by atoms with E-state index in [4.69, 9.17) is 0 Å². The van der Waals surface area contributed by atoms with Crippen LogP contribution in [0.25, 0.3) is 0 Å². The number of nitrogens with zero attached hydrogens (tertiary/aromatic N) is 3. The lowest BCUT2D eigenvalue weighted by molar-refractivity contribution is -0.147. The molecule has 8 nitrogen and oxygen atoms in total. The predicted octanol–water partition coefficient (Wildman–Crippen LogP) is 1.36. The van der Waals surface area contributed by atoms with Gasteiger partial charge in [0.05, 0.1) is 5.41 Å². The molecule has 0 saturated carbocycles. The minimum atomic E-state index is -0.869. The van der Waals surface area contributed by atoms with Gasteiger partial charge in [-0.05, 0) is 25.0 Å². The summed E-state index contributed by atoms with van der Waals surface area (Å²) in [5, 5.41) is 12.3. The second-order valence-corrected chi connectivity index (χ2v) is 7.82. The third-order valence-corrected chi connectivity index (χ3v) is 5.76. The van der Waals surface area contributed by atoms with Crippen LogP contribution in [0.2, 0.25) is 0 Å². The van der Waals surface area contributed by atoms with E-state index >= 15 is 0 Å². The first-order valence-electron chi connectivity index (χ1n) is 9.65. The maximum atomic E-state index is 12.5. The van der Waals surface area contributed by atoms with Crippen LogP contribution in [0.4, 0.5) is 10.5 Å². The number of rotatable bonds is 4. The molecular weight excluding hydrogens is 360 g/mol. The molecule has 2 fully saturated rings. The number of hydrogen-bond donors (Lipinski definition) is 2. The molecular formula is C20H28N4O4. The number of carboxylic acid groups (broad SMARTS) is 1. The molecule has 2 aliphatic heterocycles. The fourth-order valence-electron chi connectivity index (χ4n) is 3.82. The van der Waals surface area contributed by atoms with E-state index in [1.54, 1.807) is 18.7 Å². The summed E-state index contributed by atoms with van der Waals surface area (Å²) in [7, 11) is 0. The molecule has 3 amide bonds. The molecule has 1 aromatic rings. The number of piperazine rings is 1. The van der Waals surface area contributed by atoms with Gasteiger partial charge in [0, 0.05) is 58.4 Å². The first-order valence-corrected chi connectivity index (χ1v) is 9.65. The number of carbonyl (C=O) groups excluding carboxylic acids is 2. The third-order valence-electron chi connectivity index (χ3n) is 5.76. The molecule has 0 aromatic heterocycles. The van der Waals surface area contributed by atoms with E-state index < -0.39 is 11.4 Å². The van der Waals surface area contributed by atoms with Crippen molar-refractivity contribution < 1.29 is 19.5 Å². The summed E-state index contributed by atoms with van der Waals surface area (Å²) >= 11 is 0. The maximum Gasteiger partial charge on any atom is 0.317 e. The minimum Gasteiger partial charge on any atom is -0.481 e. The van der Waals surface area contributed by atoms with E-state index in [1.807, 2.05) is 29.2 Å². The zero-order chi connectivity index (χ0) is 20.3. The monoisotopic (exact) mass is 388 g/mol. The lowest BCUT2D eigenvalue weighted by Gasteiger charge is -2.36. The van der Waals surface area contributed by atoms with Crippen molar-refractivity contribution >= 4 is 23.6 Å². The van der Waals surface area contributed by atoms with Crippen molar-refractivity contribution in [1.82, 2.24) is 15.1 Å². The van der Waals surface area contributed by atoms with Gasteiger partial charge in [-0.2, -0.15) is 0 Å². The molecule has 0 aliphatic carbocycles. The summed E-state index contributed by atoms with van der Waals surface area (Å²) in [6.07, 6.45) is 0.465. The van der Waals surface area contributed by atoms with Crippen LogP contribution in [0.5, 0.6) is 0 Å². The highest BCUT2D eigenvalue weighted by Crippen LogP contribution is 2.30. The zero-order valence-corrected chi connectivity index (χ0v) is 16.5. The molecule has 1 unspecified atom stereocenters. The van der Waals surface area contributed by atoms with Crippen LogP contribution in [0, 0.1) is 5.41 Å². The van der Waals surface area contributed by atoms with Gasteiger partial charge in [0.15, 0.2) is 0 Å². The van der Waals surface area contributed by atoms with Crippen LogP contribution in [-0.2, 0) is 16.1 Å². The molecule has 2 N–H and O–H groups in total. The molecule has 2 aliphatic rings. The average Bonchev–Trinajstić information content (AvgIpc) is 3.10. The van der Waals surface area contributed by atoms with Gasteiger partial charge < -0.3 is 25.1 Å². The SMILES string of the molecule is CC(=O)N1CCN(c2ccccc2CNC(=O)N2CCC(C)(C(=O)O)C2)CC1. The highest BCUT2D eigenvalue weighted by atomic mass is 16.4. The van der Waals surface area contributed by atoms with Crippen molar-refractivity contribution in [2.24, 2.45) is 5.41 Å². The van der Waals surface area contributed by atoms with Gasteiger partial charge in [0.25, 0.3) is 0 Å². The number of anilines is 1. The van der Waals surface area contributed by atoms with E-state index in [0.29, 0.717) is 32.6 Å². The van der Waals surface area contributed by atoms with Gasteiger partial charge in [-0.3, -0.25) is 9.59 Å². The molecule has 2 saturated heterocycles. The van der Waals surface area contributed by atoms with Crippen molar-refractivity contribution in [2.75, 3.05) is 44.2 Å². The Morgan fingerprint density at radius 1 is 1.07 bits per heavy atom. The van der Waals surface area contributed by atoms with Crippen molar-refractivity contribution in [3.8, 4) is 0 Å². The quantitative estimate of drug-likeness (QED) is 0.812. The Kier molecular flexibility index (Phi) is 5.76. The van der Waals surface area contributed by atoms with Crippen LogP contribution in [-0.4, -0.2) is 72.1 Å². The number of likely N-dealkylation sites (tertiary alicyclic amines) is 1. The standard InChI is InChI=1S/C20H28N4O4/c1-15(25)22-9-11-23(12-10-22)17-6-4-3-5-16(17)13-21-19(28)24-8-7-20(2,14-24)18(26)27/h3-6H,7-14H2,1-2H3,(H,21,28)(H,26,27). The van der Waals surface area contributed by atoms with Gasteiger partial charge in [-0.25, -0.2) is 4.79 Å². The van der Waals surface area contributed by atoms with E-state index in [1.165, 1.54) is 0 Å². The Morgan fingerprint density at radius 3 is 2.36 bits per heavy atom. The summed E-state index contributed by atoms with van der Waals surface area (Å²) < 4.78 is 0. The summed E-state index contributed by atoms with van der Waals surface area (Å²) in [5.41, 5.74) is 1.20. The number of amides is 3. The predicted molar refractivity (Wildman–Crippen MR) is 105 cm³/mol. The molecule has 0 bridgehead atoms. The first-order chi connectivity index (χ1) is 13.3. The minimum absolute atomic E-state index is 0.0965. The lowest BCUT2D eigenvalue weighted by Crippen LogP contribution is -2.48. The van der Waals surface area contributed by atoms with Crippen LogP contribution in [0.1, 0.15) is 25.8 Å². The highest BCUT2D eigenvalue weighted by molar-refractivity contribution is 5.79. The van der Waals surface area contributed by atoms with Crippen LogP contribution in [0.15, 0.2) is 24.3 Å². The summed E-state index contributed by atoms with van der Waals surface area (Å²) in [4.78, 5) is 41.0. The number of carboxylic acids is 1. The van der Waals surface area contributed by atoms with E-state index in [2.05, 4.69) is 10.2 Å². The summed E-state index contributed by atoms with van der Waals surface area (Å²) in [5.74, 6) is -0.767. The fourth-order valence-corrected chi connectivity index (χ4v) is 3.82. The van der Waals surface area contributed by atoms with Gasteiger partial charge in [0.1, 0.15) is 0 Å². The topological polar surface area (TPSA) is 93.2 Å². The molecule has 28 heavy (non-hydrogen) atoms. The number of aliphatic carboxylic acids is 1. The first kappa shape index (κ1) is 20.0. The second kappa shape index (κ2) is 8.08. The van der Waals surface area contributed by atoms with Crippen LogP contribution in [0.3, 0.4) is 0 Å². The molecule has 1 aromatic carbocycles. The van der Waals surface area contributed by atoms with Crippen molar-refractivity contribution in [1.29, 1.82) is 0 Å². The van der Waals surface area contributed by atoms with Gasteiger partial charge in [0.2, 0.25) is 5.91 Å². The van der Waals surface area contributed by atoms with E-state index in [9.17, 15) is 19.5 Å². The second-order valence-electron chi connectivity index (χ2n) is 7.82. The van der Waals surface area contributed by atoms with E-state index in [0.717, 1.165) is 24.3 Å². The summed E-state index contributed by atoms with van der Waals surface area (Å²) in [6.45, 7) is 7.22. The van der Waals surface area contributed by atoms with Crippen LogP contribution >= 0.6 is 0 Å². The molecule has 152 valence electrons. The van der Waals surface area contributed by atoms with Gasteiger partial charge in [-0.1, -0.05) is 18.2 Å². The van der Waals surface area contributed by atoms with E-state index in [-0.39, 0.29) is 18.5 Å². The Labute approximate surface area is 165 Å². The Bertz CT molecular complexity index is 760. The number of nitrogens with one attached hydrogen (secondary N) is 1. The molecule has 8 heteroatoms. The number of carbonyl (C=O) groups is 3. The molecule has 3 rings (SSSR count). The molecule has 0 spiro atoms. The van der Waals surface area contributed by atoms with Crippen molar-refractivity contribution in [3.05, 3.63) is 29.8 Å². The number of benzene rings is 1. The van der Waals surface area contributed by atoms with Crippen LogP contribution < -0.4 is 10.2 Å². The van der Waals surface area contributed by atoms with Crippen molar-refractivity contribution in [2.45, 2.75) is 26.8 Å². The highest BCUT2D eigenvalue weighted by Gasteiger charge is 2.42. The zero-order valence-electron chi connectivity index (χ0n) is 16.5. The Hall–Kier alpha value is -2.77. The maximum absolute atomic E-state index is 12.5. The molecule has 1 atom stereocenters. The number of urea groups is 1. The largest absolute Gasteiger partial charge is 0.481 e. The molecule has 2 heterocycles. The third kappa shape index (κ3) is 4.21. The molecule has 0 radical (unpaired) electrons. The smallest absolute Gasteiger partial charge is 0.317 e. The van der Waals surface area contributed by atoms with Crippen molar-refractivity contribution in [3.63, 3.8) is 0 Å². The lowest BCUT2D eigenvalue weighted by atomic mass is 9.90. The fraction of sp³-hybridized carbons (Fsp3) is 0.550. The number of hydrogen-bond acceptors (Lipinski definition) is 4.